The molecule has 0 amide bonds. The van der Waals surface area contributed by atoms with Gasteiger partial charge in [0.25, 0.3) is 0 Å². The fourth-order valence-electron chi connectivity index (χ4n) is 7.04. The molecule has 0 aromatic rings. The normalized spacial score (nSPS) is 50.2. The Morgan fingerprint density at radius 1 is 1.31 bits per heavy atom. The molecule has 26 heavy (non-hydrogen) atoms. The van der Waals surface area contributed by atoms with Crippen LogP contribution in [0, 0.1) is 28.6 Å². The highest BCUT2D eigenvalue weighted by Gasteiger charge is 2.67. The monoisotopic (exact) mass is 362 g/mol. The number of aliphatic hydroxyl groups excluding tert-OH is 3. The molecule has 0 aromatic carbocycles. The van der Waals surface area contributed by atoms with Gasteiger partial charge in [-0.05, 0) is 66.9 Å². The Hall–Kier alpha value is -1.17. The fraction of sp³-hybridized carbons (Fsp3) is 0.762. The molecule has 7 atom stereocenters. The maximum atomic E-state index is 12.4. The second-order valence-corrected chi connectivity index (χ2v) is 9.41. The first-order valence-electron chi connectivity index (χ1n) is 9.82. The number of aliphatic hydroxyl groups is 4. The summed E-state index contributed by atoms with van der Waals surface area (Å²) >= 11 is 0. The van der Waals surface area contributed by atoms with E-state index in [1.807, 2.05) is 13.0 Å². The summed E-state index contributed by atoms with van der Waals surface area (Å²) in [5, 5.41) is 41.7. The third-order valence-electron chi connectivity index (χ3n) is 8.44. The fourth-order valence-corrected chi connectivity index (χ4v) is 7.04. The van der Waals surface area contributed by atoms with Gasteiger partial charge in [0.1, 0.15) is 12.2 Å². The van der Waals surface area contributed by atoms with Gasteiger partial charge in [0, 0.05) is 11.8 Å². The van der Waals surface area contributed by atoms with E-state index >= 15 is 0 Å². The van der Waals surface area contributed by atoms with Gasteiger partial charge in [0.2, 0.25) is 0 Å². The lowest BCUT2D eigenvalue weighted by atomic mass is 9.46. The van der Waals surface area contributed by atoms with Crippen molar-refractivity contribution in [3.05, 3.63) is 23.5 Å². The molecular weight excluding hydrogens is 332 g/mol. The van der Waals surface area contributed by atoms with Gasteiger partial charge in [-0.1, -0.05) is 19.9 Å². The van der Waals surface area contributed by atoms with Crippen LogP contribution >= 0.6 is 0 Å². The summed E-state index contributed by atoms with van der Waals surface area (Å²) in [7, 11) is 0. The largest absolute Gasteiger partial charge is 0.512 e. The Bertz CT molecular complexity index is 697. The third-order valence-corrected chi connectivity index (χ3v) is 8.44. The van der Waals surface area contributed by atoms with E-state index in [1.54, 1.807) is 0 Å². The average molecular weight is 362 g/mol. The van der Waals surface area contributed by atoms with Crippen LogP contribution in [0.1, 0.15) is 52.4 Å². The van der Waals surface area contributed by atoms with Gasteiger partial charge in [0.05, 0.1) is 11.9 Å². The second-order valence-electron chi connectivity index (χ2n) is 9.41. The maximum Gasteiger partial charge on any atom is 0.190 e. The van der Waals surface area contributed by atoms with Crippen molar-refractivity contribution in [1.29, 1.82) is 0 Å². The summed E-state index contributed by atoms with van der Waals surface area (Å²) < 4.78 is 0. The van der Waals surface area contributed by atoms with Crippen molar-refractivity contribution in [3.8, 4) is 0 Å². The maximum absolute atomic E-state index is 12.4. The summed E-state index contributed by atoms with van der Waals surface area (Å²) in [5.41, 5.74) is -1.32. The molecule has 0 aliphatic heterocycles. The van der Waals surface area contributed by atoms with E-state index in [1.165, 1.54) is 0 Å². The van der Waals surface area contributed by atoms with Gasteiger partial charge in [-0.2, -0.15) is 0 Å². The molecule has 2 saturated carbocycles. The second kappa shape index (κ2) is 5.66. The molecule has 2 fully saturated rings. The highest BCUT2D eigenvalue weighted by atomic mass is 16.3. The van der Waals surface area contributed by atoms with Gasteiger partial charge in [-0.3, -0.25) is 4.79 Å². The number of Topliss-reactive ketones (excluding diaryl/α,β-unsaturated/α-hetero) is 1. The summed E-state index contributed by atoms with van der Waals surface area (Å²) in [6.45, 7) is 3.45. The minimum absolute atomic E-state index is 0.0662. The zero-order valence-electron chi connectivity index (χ0n) is 15.6. The van der Waals surface area contributed by atoms with Gasteiger partial charge in [0.15, 0.2) is 5.78 Å². The molecule has 0 bridgehead atoms. The molecule has 0 saturated heterocycles. The van der Waals surface area contributed by atoms with Crippen LogP contribution in [0.25, 0.3) is 0 Å². The Morgan fingerprint density at radius 2 is 2.04 bits per heavy atom. The predicted octanol–water partition coefficient (Wildman–Crippen LogP) is 2.26. The van der Waals surface area contributed by atoms with E-state index in [0.717, 1.165) is 24.8 Å². The highest BCUT2D eigenvalue weighted by molar-refractivity contribution is 5.89. The molecule has 5 nitrogen and oxygen atoms in total. The van der Waals surface area contributed by atoms with Crippen LogP contribution in [-0.2, 0) is 4.79 Å². The first-order valence-corrected chi connectivity index (χ1v) is 9.82. The lowest BCUT2D eigenvalue weighted by Gasteiger charge is -2.59. The van der Waals surface area contributed by atoms with Crippen LogP contribution in [0.5, 0.6) is 0 Å². The molecule has 0 aromatic heterocycles. The Labute approximate surface area is 154 Å². The van der Waals surface area contributed by atoms with Crippen molar-refractivity contribution in [2.45, 2.75) is 64.1 Å². The van der Waals surface area contributed by atoms with Gasteiger partial charge in [-0.15, -0.1) is 0 Å². The van der Waals surface area contributed by atoms with E-state index in [2.05, 4.69) is 13.0 Å². The van der Waals surface area contributed by atoms with Crippen LogP contribution in [0.2, 0.25) is 0 Å². The Morgan fingerprint density at radius 3 is 2.73 bits per heavy atom. The van der Waals surface area contributed by atoms with Crippen LogP contribution < -0.4 is 0 Å². The van der Waals surface area contributed by atoms with Crippen molar-refractivity contribution in [1.82, 2.24) is 0 Å². The number of allylic oxidation sites excluding steroid dienone is 4. The molecular formula is C21H30O5. The molecule has 5 heteroatoms. The van der Waals surface area contributed by atoms with Gasteiger partial charge < -0.3 is 20.4 Å². The summed E-state index contributed by atoms with van der Waals surface area (Å²) in [6.07, 6.45) is 7.13. The van der Waals surface area contributed by atoms with Crippen molar-refractivity contribution in [2.75, 3.05) is 6.61 Å². The Kier molecular flexibility index (Phi) is 3.97. The predicted molar refractivity (Wildman–Crippen MR) is 96.2 cm³/mol. The highest BCUT2D eigenvalue weighted by Crippen LogP contribution is 2.66. The topological polar surface area (TPSA) is 98.0 Å². The summed E-state index contributed by atoms with van der Waals surface area (Å²) in [4.78, 5) is 12.4. The van der Waals surface area contributed by atoms with E-state index in [0.29, 0.717) is 25.0 Å². The first kappa shape index (κ1) is 18.2. The molecule has 1 unspecified atom stereocenters. The van der Waals surface area contributed by atoms with Crippen LogP contribution in [0.15, 0.2) is 23.5 Å². The number of fused-ring (bicyclic) bond motifs is 5. The van der Waals surface area contributed by atoms with E-state index in [4.69, 9.17) is 0 Å². The lowest BCUT2D eigenvalue weighted by molar-refractivity contribution is -0.179. The molecule has 4 N–H and O–H groups in total. The summed E-state index contributed by atoms with van der Waals surface area (Å²) in [5.74, 6) is 0.303. The Balaban J connectivity index is 1.76. The number of carbonyl (C=O) groups is 1. The lowest BCUT2D eigenvalue weighted by Crippen LogP contribution is -2.61. The number of rotatable bonds is 2. The van der Waals surface area contributed by atoms with E-state index in [-0.39, 0.29) is 23.2 Å². The zero-order valence-corrected chi connectivity index (χ0v) is 15.6. The van der Waals surface area contributed by atoms with Gasteiger partial charge in [-0.25, -0.2) is 0 Å². The number of ketones is 1. The van der Waals surface area contributed by atoms with Crippen molar-refractivity contribution >= 4 is 5.78 Å². The smallest absolute Gasteiger partial charge is 0.190 e. The quantitative estimate of drug-likeness (QED) is 0.604. The molecule has 0 spiro atoms. The van der Waals surface area contributed by atoms with E-state index < -0.39 is 29.5 Å². The molecule has 4 rings (SSSR count). The van der Waals surface area contributed by atoms with Crippen LogP contribution in [-0.4, -0.2) is 44.5 Å². The van der Waals surface area contributed by atoms with Crippen LogP contribution in [0.3, 0.4) is 0 Å². The van der Waals surface area contributed by atoms with E-state index in [9.17, 15) is 25.2 Å². The average Bonchev–Trinajstić information content (AvgIpc) is 2.86. The zero-order chi connectivity index (χ0) is 18.9. The minimum Gasteiger partial charge on any atom is -0.512 e. The molecule has 0 heterocycles. The summed E-state index contributed by atoms with van der Waals surface area (Å²) in [6, 6.07) is 0. The van der Waals surface area contributed by atoms with Gasteiger partial charge >= 0.3 is 0 Å². The third kappa shape index (κ3) is 2.11. The molecule has 4 aliphatic rings. The van der Waals surface area contributed by atoms with Crippen molar-refractivity contribution < 1.29 is 25.2 Å². The van der Waals surface area contributed by atoms with Crippen molar-refractivity contribution in [3.63, 3.8) is 0 Å². The molecule has 144 valence electrons. The van der Waals surface area contributed by atoms with Crippen molar-refractivity contribution in [2.24, 2.45) is 28.6 Å². The van der Waals surface area contributed by atoms with Crippen LogP contribution in [0.4, 0.5) is 0 Å². The SMILES string of the molecule is C[C@]12CCC(O)=CC1=CC[C@@H]1[C@@H]2C(O)C[C@@]2(C)[C@H]1CC[C@]2(O)C(=O)CO. The number of hydrogen-bond acceptors (Lipinski definition) is 5. The minimum atomic E-state index is -1.55. The number of carbonyl (C=O) groups excluding carboxylic acids is 1. The molecule has 4 aliphatic carbocycles. The first-order chi connectivity index (χ1) is 12.2. The molecule has 0 radical (unpaired) electrons. The number of hydrogen-bond donors (Lipinski definition) is 4. The standard InChI is InChI=1S/C21H30O5/c1-19-7-5-13(23)9-12(19)3-4-14-15-6-8-21(26,17(25)11-22)20(15,2)10-16(24)18(14)19/h3,9,14-16,18,22-24,26H,4-8,10-11H2,1-2H3/t14-,15-,16?,18+,19-,20-,21-/m0/s1.